The van der Waals surface area contributed by atoms with E-state index in [1.165, 1.54) is 11.1 Å². The fourth-order valence-corrected chi connectivity index (χ4v) is 4.16. The van der Waals surface area contributed by atoms with Crippen LogP contribution in [-0.4, -0.2) is 41.7 Å². The molecule has 29 heavy (non-hydrogen) atoms. The molecule has 0 unspecified atom stereocenters. The van der Waals surface area contributed by atoms with Gasteiger partial charge in [-0.3, -0.25) is 4.90 Å². The molecule has 152 valence electrons. The predicted molar refractivity (Wildman–Crippen MR) is 116 cm³/mol. The number of aromatic nitrogens is 2. The average Bonchev–Trinajstić information content (AvgIpc) is 3.14. The molecule has 0 amide bonds. The highest BCUT2D eigenvalue weighted by molar-refractivity contribution is 7.13. The van der Waals surface area contributed by atoms with Crippen molar-refractivity contribution in [2.24, 2.45) is 0 Å². The number of rotatable bonds is 6. The van der Waals surface area contributed by atoms with Gasteiger partial charge in [0.15, 0.2) is 5.13 Å². The third kappa shape index (κ3) is 4.93. The third-order valence-electron chi connectivity index (χ3n) is 4.94. The van der Waals surface area contributed by atoms with Gasteiger partial charge in [0.25, 0.3) is 0 Å². The Kier molecular flexibility index (Phi) is 6.08. The van der Waals surface area contributed by atoms with Crippen LogP contribution in [0.5, 0.6) is 5.75 Å². The zero-order valence-corrected chi connectivity index (χ0v) is 17.8. The molecule has 0 spiro atoms. The number of methoxy groups -OCH3 is 1. The molecule has 1 atom stereocenters. The SMILES string of the molecule is COc1cc(C)ccc1CN1CCO[C@H](c2cccc(Nc3nc(C)cs3)n2)C1. The molecule has 0 aliphatic carbocycles. The molecule has 3 aromatic rings. The summed E-state index contributed by atoms with van der Waals surface area (Å²) in [6.45, 7) is 7.27. The van der Waals surface area contributed by atoms with E-state index in [4.69, 9.17) is 14.5 Å². The molecule has 3 heterocycles. The Labute approximate surface area is 175 Å². The van der Waals surface area contributed by atoms with E-state index < -0.39 is 0 Å². The van der Waals surface area contributed by atoms with Crippen LogP contribution in [0.3, 0.4) is 0 Å². The highest BCUT2D eigenvalue weighted by Crippen LogP contribution is 2.27. The van der Waals surface area contributed by atoms with Crippen molar-refractivity contribution in [2.75, 3.05) is 32.1 Å². The maximum absolute atomic E-state index is 6.04. The zero-order chi connectivity index (χ0) is 20.2. The molecule has 1 saturated heterocycles. The van der Waals surface area contributed by atoms with Gasteiger partial charge in [0.2, 0.25) is 0 Å². The molecule has 1 fully saturated rings. The van der Waals surface area contributed by atoms with E-state index in [9.17, 15) is 0 Å². The lowest BCUT2D eigenvalue weighted by atomic mass is 10.1. The number of thiazole rings is 1. The van der Waals surface area contributed by atoms with Gasteiger partial charge in [0.1, 0.15) is 17.7 Å². The topological polar surface area (TPSA) is 59.5 Å². The summed E-state index contributed by atoms with van der Waals surface area (Å²) in [4.78, 5) is 11.6. The number of pyridine rings is 1. The molecule has 1 aromatic carbocycles. The number of ether oxygens (including phenoxy) is 2. The first-order valence-electron chi connectivity index (χ1n) is 9.74. The smallest absolute Gasteiger partial charge is 0.188 e. The summed E-state index contributed by atoms with van der Waals surface area (Å²) in [6, 6.07) is 12.4. The van der Waals surface area contributed by atoms with Gasteiger partial charge in [-0.25, -0.2) is 9.97 Å². The third-order valence-corrected chi connectivity index (χ3v) is 5.82. The normalized spacial score (nSPS) is 17.3. The first-order valence-corrected chi connectivity index (χ1v) is 10.6. The van der Waals surface area contributed by atoms with Crippen LogP contribution in [0.2, 0.25) is 0 Å². The number of aryl methyl sites for hydroxylation is 2. The Morgan fingerprint density at radius 1 is 1.24 bits per heavy atom. The summed E-state index contributed by atoms with van der Waals surface area (Å²) < 4.78 is 11.6. The van der Waals surface area contributed by atoms with Crippen molar-refractivity contribution in [2.45, 2.75) is 26.5 Å². The number of morpholine rings is 1. The minimum atomic E-state index is -0.0556. The number of benzene rings is 1. The molecule has 1 aliphatic rings. The second-order valence-electron chi connectivity index (χ2n) is 7.28. The van der Waals surface area contributed by atoms with Crippen molar-refractivity contribution in [1.82, 2.24) is 14.9 Å². The summed E-state index contributed by atoms with van der Waals surface area (Å²) in [5.74, 6) is 1.73. The van der Waals surface area contributed by atoms with Crippen molar-refractivity contribution in [3.05, 3.63) is 64.3 Å². The summed E-state index contributed by atoms with van der Waals surface area (Å²) in [5, 5.41) is 6.16. The van der Waals surface area contributed by atoms with Gasteiger partial charge in [-0.05, 0) is 37.6 Å². The maximum Gasteiger partial charge on any atom is 0.188 e. The molecule has 7 heteroatoms. The lowest BCUT2D eigenvalue weighted by Gasteiger charge is -2.33. The van der Waals surface area contributed by atoms with Crippen molar-refractivity contribution >= 4 is 22.3 Å². The molecule has 6 nitrogen and oxygen atoms in total. The Morgan fingerprint density at radius 3 is 2.93 bits per heavy atom. The van der Waals surface area contributed by atoms with E-state index >= 15 is 0 Å². The summed E-state index contributed by atoms with van der Waals surface area (Å²) in [5.41, 5.74) is 4.34. The van der Waals surface area contributed by atoms with Crippen LogP contribution in [-0.2, 0) is 11.3 Å². The number of hydrogen-bond donors (Lipinski definition) is 1. The summed E-state index contributed by atoms with van der Waals surface area (Å²) in [7, 11) is 1.73. The maximum atomic E-state index is 6.04. The van der Waals surface area contributed by atoms with E-state index in [-0.39, 0.29) is 6.10 Å². The minimum absolute atomic E-state index is 0.0556. The lowest BCUT2D eigenvalue weighted by molar-refractivity contribution is -0.0350. The molecule has 2 aromatic heterocycles. The molecule has 0 radical (unpaired) electrons. The van der Waals surface area contributed by atoms with Crippen molar-refractivity contribution < 1.29 is 9.47 Å². The van der Waals surface area contributed by atoms with Crippen LogP contribution in [0.1, 0.15) is 28.6 Å². The second-order valence-corrected chi connectivity index (χ2v) is 8.13. The predicted octanol–water partition coefficient (Wildman–Crippen LogP) is 4.48. The van der Waals surface area contributed by atoms with Crippen LogP contribution >= 0.6 is 11.3 Å². The van der Waals surface area contributed by atoms with Crippen LogP contribution in [0, 0.1) is 13.8 Å². The number of anilines is 2. The fourth-order valence-electron chi connectivity index (χ4n) is 3.47. The van der Waals surface area contributed by atoms with Crippen LogP contribution < -0.4 is 10.1 Å². The fraction of sp³-hybridized carbons (Fsp3) is 0.364. The van der Waals surface area contributed by atoms with E-state index in [0.29, 0.717) is 6.61 Å². The highest BCUT2D eigenvalue weighted by atomic mass is 32.1. The Balaban J connectivity index is 1.45. The minimum Gasteiger partial charge on any atom is -0.496 e. The van der Waals surface area contributed by atoms with Gasteiger partial charge >= 0.3 is 0 Å². The van der Waals surface area contributed by atoms with Crippen molar-refractivity contribution in [3.63, 3.8) is 0 Å². The molecule has 0 bridgehead atoms. The van der Waals surface area contributed by atoms with Crippen LogP contribution in [0.25, 0.3) is 0 Å². The van der Waals surface area contributed by atoms with Gasteiger partial charge in [0.05, 0.1) is 25.1 Å². The summed E-state index contributed by atoms with van der Waals surface area (Å²) in [6.07, 6.45) is -0.0556. The van der Waals surface area contributed by atoms with Crippen LogP contribution in [0.15, 0.2) is 41.8 Å². The molecule has 1 aliphatic heterocycles. The first-order chi connectivity index (χ1) is 14.1. The van der Waals surface area contributed by atoms with E-state index in [2.05, 4.69) is 40.3 Å². The van der Waals surface area contributed by atoms with E-state index in [1.54, 1.807) is 18.4 Å². The molecular formula is C22H26N4O2S. The molecule has 1 N–H and O–H groups in total. The highest BCUT2D eigenvalue weighted by Gasteiger charge is 2.24. The van der Waals surface area contributed by atoms with Gasteiger partial charge in [0, 0.05) is 30.6 Å². The van der Waals surface area contributed by atoms with Crippen molar-refractivity contribution in [3.8, 4) is 5.75 Å². The summed E-state index contributed by atoms with van der Waals surface area (Å²) >= 11 is 1.58. The van der Waals surface area contributed by atoms with Gasteiger partial charge in [-0.1, -0.05) is 18.2 Å². The Hall–Kier alpha value is -2.48. The standard InChI is InChI=1S/C22H26N4O2S/c1-15-7-8-17(19(11-15)27-3)12-26-9-10-28-20(13-26)18-5-4-6-21(24-18)25-22-23-16(2)14-29-22/h4-8,11,14,20H,9-10,12-13H2,1-3H3,(H,23,24,25)/t20-/m0/s1. The quantitative estimate of drug-likeness (QED) is 0.647. The zero-order valence-electron chi connectivity index (χ0n) is 17.0. The van der Waals surface area contributed by atoms with E-state index in [0.717, 1.165) is 47.7 Å². The largest absolute Gasteiger partial charge is 0.496 e. The second kappa shape index (κ2) is 8.90. The Bertz CT molecular complexity index is 975. The van der Waals surface area contributed by atoms with Gasteiger partial charge in [-0.2, -0.15) is 0 Å². The van der Waals surface area contributed by atoms with Crippen molar-refractivity contribution in [1.29, 1.82) is 0 Å². The average molecular weight is 411 g/mol. The number of hydrogen-bond acceptors (Lipinski definition) is 7. The van der Waals surface area contributed by atoms with Crippen LogP contribution in [0.4, 0.5) is 10.9 Å². The lowest BCUT2D eigenvalue weighted by Crippen LogP contribution is -2.38. The first kappa shape index (κ1) is 19.8. The molecule has 0 saturated carbocycles. The monoisotopic (exact) mass is 410 g/mol. The molecular weight excluding hydrogens is 384 g/mol. The van der Waals surface area contributed by atoms with Gasteiger partial charge < -0.3 is 14.8 Å². The Morgan fingerprint density at radius 2 is 2.14 bits per heavy atom. The number of nitrogens with zero attached hydrogens (tertiary/aromatic N) is 3. The number of nitrogens with one attached hydrogen (secondary N) is 1. The van der Waals surface area contributed by atoms with E-state index in [1.807, 2.05) is 30.5 Å². The molecule has 4 rings (SSSR count). The van der Waals surface area contributed by atoms with Gasteiger partial charge in [-0.15, -0.1) is 11.3 Å².